The Morgan fingerprint density at radius 2 is 1.22 bits per heavy atom. The zero-order valence-electron chi connectivity index (χ0n) is 18.3. The number of esters is 1. The number of rotatable bonds is 10. The summed E-state index contributed by atoms with van der Waals surface area (Å²) in [5, 5.41) is 1.85. The molecular formula is C23H24N2O4S3. The number of ether oxygens (including phenoxy) is 3. The van der Waals surface area contributed by atoms with Gasteiger partial charge in [0.15, 0.2) is 5.16 Å². The molecule has 6 nitrogen and oxygen atoms in total. The van der Waals surface area contributed by atoms with Gasteiger partial charge in [0.2, 0.25) is 0 Å². The Morgan fingerprint density at radius 3 is 1.56 bits per heavy atom. The number of carbonyl (C=O) groups excluding carboxylic acids is 1. The van der Waals surface area contributed by atoms with Crippen molar-refractivity contribution in [2.45, 2.75) is 26.7 Å². The topological polar surface area (TPSA) is 70.5 Å². The summed E-state index contributed by atoms with van der Waals surface area (Å²) in [5.41, 5.74) is 2.61. The lowest BCUT2D eigenvalue weighted by Gasteiger charge is -2.13. The van der Waals surface area contributed by atoms with Gasteiger partial charge in [0.05, 0.1) is 21.3 Å². The Labute approximate surface area is 200 Å². The van der Waals surface area contributed by atoms with E-state index in [1.54, 1.807) is 14.2 Å². The molecule has 0 aliphatic heterocycles. The van der Waals surface area contributed by atoms with E-state index in [9.17, 15) is 4.79 Å². The van der Waals surface area contributed by atoms with Crippen LogP contribution in [-0.4, -0.2) is 43.5 Å². The highest BCUT2D eigenvalue weighted by atomic mass is 32.2. The fourth-order valence-corrected chi connectivity index (χ4v) is 5.21. The average Bonchev–Trinajstić information content (AvgIpc) is 2.85. The lowest BCUT2D eigenvalue weighted by molar-refractivity contribution is 0.0590. The van der Waals surface area contributed by atoms with E-state index in [-0.39, 0.29) is 0 Å². The van der Waals surface area contributed by atoms with E-state index in [0.717, 1.165) is 22.6 Å². The maximum atomic E-state index is 12.7. The van der Waals surface area contributed by atoms with E-state index in [1.807, 2.05) is 54.8 Å². The summed E-state index contributed by atoms with van der Waals surface area (Å²) in [5.74, 6) is 2.48. The molecule has 0 bridgehead atoms. The van der Waals surface area contributed by atoms with Crippen LogP contribution >= 0.6 is 35.3 Å². The standard InChI is InChI=1S/C23H24N2O4S3/c1-27-17-9-5-15(6-10-17)13-31-20-19(22(26)29-3)21(25-23(24-20)30-4)32-14-16-7-11-18(28-2)12-8-16/h5-12H,13-14H2,1-4H3. The monoisotopic (exact) mass is 488 g/mol. The van der Waals surface area contributed by atoms with Crippen molar-refractivity contribution < 1.29 is 19.0 Å². The Kier molecular flexibility index (Phi) is 9.13. The molecule has 32 heavy (non-hydrogen) atoms. The first-order chi connectivity index (χ1) is 15.6. The molecule has 0 N–H and O–H groups in total. The summed E-state index contributed by atoms with van der Waals surface area (Å²) in [6, 6.07) is 15.7. The molecule has 0 saturated heterocycles. The minimum absolute atomic E-state index is 0.405. The van der Waals surface area contributed by atoms with Crippen molar-refractivity contribution in [3.8, 4) is 11.5 Å². The van der Waals surface area contributed by atoms with Gasteiger partial charge in [-0.05, 0) is 41.6 Å². The van der Waals surface area contributed by atoms with Gasteiger partial charge in [-0.25, -0.2) is 14.8 Å². The van der Waals surface area contributed by atoms with Crippen LogP contribution in [0.15, 0.2) is 63.7 Å². The molecule has 168 valence electrons. The largest absolute Gasteiger partial charge is 0.497 e. The van der Waals surface area contributed by atoms with Crippen molar-refractivity contribution in [3.63, 3.8) is 0 Å². The quantitative estimate of drug-likeness (QED) is 0.157. The number of nitrogens with zero attached hydrogens (tertiary/aromatic N) is 2. The highest BCUT2D eigenvalue weighted by molar-refractivity contribution is 7.99. The smallest absolute Gasteiger partial charge is 0.343 e. The molecule has 1 aromatic heterocycles. The summed E-state index contributed by atoms with van der Waals surface area (Å²) in [7, 11) is 4.66. The van der Waals surface area contributed by atoms with Crippen LogP contribution in [0.5, 0.6) is 11.5 Å². The zero-order chi connectivity index (χ0) is 22.9. The number of benzene rings is 2. The van der Waals surface area contributed by atoms with Gasteiger partial charge >= 0.3 is 5.97 Å². The first-order valence-electron chi connectivity index (χ1n) is 9.63. The molecule has 0 amide bonds. The summed E-state index contributed by atoms with van der Waals surface area (Å²) in [4.78, 5) is 21.9. The maximum absolute atomic E-state index is 12.7. The van der Waals surface area contributed by atoms with Crippen molar-refractivity contribution in [1.82, 2.24) is 9.97 Å². The van der Waals surface area contributed by atoms with E-state index >= 15 is 0 Å². The molecule has 0 aliphatic rings. The molecule has 0 unspecified atom stereocenters. The first kappa shape index (κ1) is 24.3. The van der Waals surface area contributed by atoms with E-state index in [1.165, 1.54) is 42.4 Å². The van der Waals surface area contributed by atoms with Crippen LogP contribution in [0.4, 0.5) is 0 Å². The minimum atomic E-state index is -0.438. The minimum Gasteiger partial charge on any atom is -0.497 e. The summed E-state index contributed by atoms with van der Waals surface area (Å²) in [6.07, 6.45) is 1.92. The Hall–Kier alpha value is -2.36. The highest BCUT2D eigenvalue weighted by Gasteiger charge is 2.23. The zero-order valence-corrected chi connectivity index (χ0v) is 20.7. The summed E-state index contributed by atoms with van der Waals surface area (Å²) < 4.78 is 15.5. The third-order valence-corrected chi connectivity index (χ3v) is 7.10. The van der Waals surface area contributed by atoms with Crippen LogP contribution in [0.3, 0.4) is 0 Å². The molecule has 3 aromatic rings. The number of hydrogen-bond donors (Lipinski definition) is 0. The van der Waals surface area contributed by atoms with Crippen LogP contribution in [0, 0.1) is 0 Å². The fraction of sp³-hybridized carbons (Fsp3) is 0.261. The SMILES string of the molecule is COC(=O)c1c(SCc2ccc(OC)cc2)nc(SC)nc1SCc1ccc(OC)cc1. The van der Waals surface area contributed by atoms with Gasteiger partial charge in [-0.1, -0.05) is 36.0 Å². The van der Waals surface area contributed by atoms with Crippen LogP contribution < -0.4 is 9.47 Å². The number of carbonyl (C=O) groups is 1. The molecule has 1 heterocycles. The van der Waals surface area contributed by atoms with Gasteiger partial charge in [0.25, 0.3) is 0 Å². The Bertz CT molecular complexity index is 972. The maximum Gasteiger partial charge on any atom is 0.343 e. The van der Waals surface area contributed by atoms with Crippen molar-refractivity contribution in [2.24, 2.45) is 0 Å². The Morgan fingerprint density at radius 1 is 0.781 bits per heavy atom. The van der Waals surface area contributed by atoms with Crippen LogP contribution in [-0.2, 0) is 16.2 Å². The summed E-state index contributed by atoms with van der Waals surface area (Å²) >= 11 is 4.43. The van der Waals surface area contributed by atoms with E-state index in [0.29, 0.717) is 32.3 Å². The van der Waals surface area contributed by atoms with E-state index in [4.69, 9.17) is 14.2 Å². The molecular weight excluding hydrogens is 464 g/mol. The summed E-state index contributed by atoms with van der Waals surface area (Å²) in [6.45, 7) is 0. The van der Waals surface area contributed by atoms with Gasteiger partial charge in [-0.3, -0.25) is 0 Å². The first-order valence-corrected chi connectivity index (χ1v) is 12.8. The lowest BCUT2D eigenvalue weighted by Crippen LogP contribution is -2.10. The van der Waals surface area contributed by atoms with Crippen molar-refractivity contribution in [1.29, 1.82) is 0 Å². The van der Waals surface area contributed by atoms with Gasteiger partial charge in [0.1, 0.15) is 27.1 Å². The average molecular weight is 489 g/mol. The van der Waals surface area contributed by atoms with E-state index in [2.05, 4.69) is 9.97 Å². The number of hydrogen-bond acceptors (Lipinski definition) is 9. The van der Waals surface area contributed by atoms with Gasteiger partial charge in [-0.2, -0.15) is 0 Å². The molecule has 0 fully saturated rings. The molecule has 0 atom stereocenters. The van der Waals surface area contributed by atoms with Crippen molar-refractivity contribution >= 4 is 41.3 Å². The second-order valence-electron chi connectivity index (χ2n) is 6.46. The predicted octanol–water partition coefficient (Wildman–Crippen LogP) is 5.59. The number of thioether (sulfide) groups is 3. The van der Waals surface area contributed by atoms with E-state index < -0.39 is 5.97 Å². The molecule has 0 saturated carbocycles. The number of aromatic nitrogens is 2. The van der Waals surface area contributed by atoms with Crippen LogP contribution in [0.25, 0.3) is 0 Å². The molecule has 9 heteroatoms. The van der Waals surface area contributed by atoms with Crippen LogP contribution in [0.1, 0.15) is 21.5 Å². The van der Waals surface area contributed by atoms with Crippen molar-refractivity contribution in [3.05, 3.63) is 65.2 Å². The third kappa shape index (κ3) is 6.34. The highest BCUT2D eigenvalue weighted by Crippen LogP contribution is 2.34. The second-order valence-corrected chi connectivity index (χ2v) is 9.16. The number of methoxy groups -OCH3 is 3. The molecule has 2 aromatic carbocycles. The second kappa shape index (κ2) is 12.0. The van der Waals surface area contributed by atoms with Gasteiger partial charge < -0.3 is 14.2 Å². The molecule has 0 radical (unpaired) electrons. The van der Waals surface area contributed by atoms with Gasteiger partial charge in [0, 0.05) is 11.5 Å². The normalized spacial score (nSPS) is 10.6. The lowest BCUT2D eigenvalue weighted by atomic mass is 10.2. The Balaban J connectivity index is 1.86. The molecule has 3 rings (SSSR count). The third-order valence-electron chi connectivity index (χ3n) is 4.46. The van der Waals surface area contributed by atoms with Crippen molar-refractivity contribution in [2.75, 3.05) is 27.6 Å². The predicted molar refractivity (Wildman–Crippen MR) is 130 cm³/mol. The molecule has 0 aliphatic carbocycles. The van der Waals surface area contributed by atoms with Crippen LogP contribution in [0.2, 0.25) is 0 Å². The van der Waals surface area contributed by atoms with Gasteiger partial charge in [-0.15, -0.1) is 23.5 Å². The molecule has 0 spiro atoms. The fourth-order valence-electron chi connectivity index (χ4n) is 2.73.